The van der Waals surface area contributed by atoms with Crippen LogP contribution in [-0.4, -0.2) is 30.4 Å². The van der Waals surface area contributed by atoms with Gasteiger partial charge >= 0.3 is 5.97 Å². The Balaban J connectivity index is 1.83. The first-order valence-corrected chi connectivity index (χ1v) is 8.31. The molecule has 7 heteroatoms. The zero-order chi connectivity index (χ0) is 18.5. The first kappa shape index (κ1) is 16.5. The summed E-state index contributed by atoms with van der Waals surface area (Å²) >= 11 is 0. The lowest BCUT2D eigenvalue weighted by Crippen LogP contribution is -2.54. The largest absolute Gasteiger partial charge is 0.468 e. The van der Waals surface area contributed by atoms with Gasteiger partial charge in [-0.3, -0.25) is 19.7 Å². The van der Waals surface area contributed by atoms with E-state index in [4.69, 9.17) is 9.15 Å². The lowest BCUT2D eigenvalue weighted by atomic mass is 9.81. The smallest absolute Gasteiger partial charge is 0.326 e. The Hall–Kier alpha value is -2.93. The lowest BCUT2D eigenvalue weighted by molar-refractivity contribution is -0.151. The summed E-state index contributed by atoms with van der Waals surface area (Å²) in [5, 5.41) is 3.12. The average Bonchev–Trinajstić information content (AvgIpc) is 3.33. The van der Waals surface area contributed by atoms with Crippen LogP contribution in [0.25, 0.3) is 0 Å². The highest BCUT2D eigenvalue weighted by atomic mass is 16.5. The standard InChI is InChI=1S/C19H18N2O5/c1-19(18(24)25-2)14-13(15(20-19)12-9-6-10-26-12)16(22)21(17(14)23)11-7-4-3-5-8-11/h3-10,13-15,20H,1-2H3. The first-order valence-electron chi connectivity index (χ1n) is 8.31. The Labute approximate surface area is 149 Å². The summed E-state index contributed by atoms with van der Waals surface area (Å²) in [4.78, 5) is 40.0. The number of fused-ring (bicyclic) bond motifs is 1. The highest BCUT2D eigenvalue weighted by Crippen LogP contribution is 2.49. The number of nitrogens with zero attached hydrogens (tertiary/aromatic N) is 1. The molecule has 134 valence electrons. The minimum Gasteiger partial charge on any atom is -0.468 e. The molecular formula is C19H18N2O5. The number of rotatable bonds is 3. The van der Waals surface area contributed by atoms with Gasteiger partial charge in [-0.1, -0.05) is 18.2 Å². The van der Waals surface area contributed by atoms with Gasteiger partial charge in [0, 0.05) is 0 Å². The average molecular weight is 354 g/mol. The number of amides is 2. The molecule has 4 unspecified atom stereocenters. The Morgan fingerprint density at radius 2 is 1.88 bits per heavy atom. The van der Waals surface area contributed by atoms with E-state index in [0.29, 0.717) is 11.4 Å². The maximum Gasteiger partial charge on any atom is 0.326 e. The third kappa shape index (κ3) is 2.13. The maximum absolute atomic E-state index is 13.2. The van der Waals surface area contributed by atoms with Crippen LogP contribution in [0, 0.1) is 11.8 Å². The van der Waals surface area contributed by atoms with Gasteiger partial charge in [0.15, 0.2) is 0 Å². The molecule has 0 aliphatic carbocycles. The molecule has 1 N–H and O–H groups in total. The molecule has 3 heterocycles. The zero-order valence-corrected chi connectivity index (χ0v) is 14.3. The van der Waals surface area contributed by atoms with Crippen molar-refractivity contribution in [3.8, 4) is 0 Å². The van der Waals surface area contributed by atoms with Crippen molar-refractivity contribution in [2.24, 2.45) is 11.8 Å². The number of carbonyl (C=O) groups excluding carboxylic acids is 3. The molecule has 1 aromatic carbocycles. The zero-order valence-electron chi connectivity index (χ0n) is 14.3. The number of benzene rings is 1. The van der Waals surface area contributed by atoms with Gasteiger partial charge in [0.1, 0.15) is 11.3 Å². The van der Waals surface area contributed by atoms with Gasteiger partial charge in [-0.2, -0.15) is 0 Å². The third-order valence-electron chi connectivity index (χ3n) is 5.26. The summed E-state index contributed by atoms with van der Waals surface area (Å²) in [5.41, 5.74) is -0.838. The Kier molecular flexibility index (Phi) is 3.69. The third-order valence-corrected chi connectivity index (χ3v) is 5.26. The number of ether oxygens (including phenoxy) is 1. The van der Waals surface area contributed by atoms with Crippen LogP contribution in [-0.2, 0) is 19.1 Å². The van der Waals surface area contributed by atoms with E-state index in [1.165, 1.54) is 13.4 Å². The molecule has 2 aliphatic rings. The number of hydrogen-bond acceptors (Lipinski definition) is 6. The van der Waals surface area contributed by atoms with Crippen molar-refractivity contribution in [1.82, 2.24) is 5.32 Å². The van der Waals surface area contributed by atoms with Crippen LogP contribution in [0.1, 0.15) is 18.7 Å². The number of anilines is 1. The molecule has 7 nitrogen and oxygen atoms in total. The second-order valence-corrected chi connectivity index (χ2v) is 6.68. The molecule has 2 amide bonds. The molecule has 0 saturated carbocycles. The predicted octanol–water partition coefficient (Wildman–Crippen LogP) is 1.66. The minimum atomic E-state index is -1.33. The Morgan fingerprint density at radius 3 is 2.50 bits per heavy atom. The summed E-state index contributed by atoms with van der Waals surface area (Å²) in [6.45, 7) is 1.60. The Bertz CT molecular complexity index is 863. The van der Waals surface area contributed by atoms with E-state index in [1.807, 2.05) is 0 Å². The van der Waals surface area contributed by atoms with Gasteiger partial charge in [-0.15, -0.1) is 0 Å². The van der Waals surface area contributed by atoms with E-state index >= 15 is 0 Å². The maximum atomic E-state index is 13.2. The number of furan rings is 1. The quantitative estimate of drug-likeness (QED) is 0.666. The van der Waals surface area contributed by atoms with Crippen LogP contribution in [0.15, 0.2) is 53.1 Å². The van der Waals surface area contributed by atoms with Crippen LogP contribution in [0.4, 0.5) is 5.69 Å². The van der Waals surface area contributed by atoms with Gasteiger partial charge in [0.25, 0.3) is 0 Å². The fourth-order valence-electron chi connectivity index (χ4n) is 4.08. The SMILES string of the molecule is COC(=O)C1(C)NC(c2ccco2)C2C(=O)N(c3ccccc3)C(=O)C21. The van der Waals surface area contributed by atoms with Crippen molar-refractivity contribution < 1.29 is 23.5 Å². The summed E-state index contributed by atoms with van der Waals surface area (Å²) in [6, 6.07) is 11.5. The molecule has 0 bridgehead atoms. The van der Waals surface area contributed by atoms with Crippen molar-refractivity contribution in [1.29, 1.82) is 0 Å². The monoisotopic (exact) mass is 354 g/mol. The van der Waals surface area contributed by atoms with Crippen molar-refractivity contribution in [3.63, 3.8) is 0 Å². The molecule has 26 heavy (non-hydrogen) atoms. The molecule has 4 rings (SSSR count). The van der Waals surface area contributed by atoms with Crippen LogP contribution in [0.3, 0.4) is 0 Å². The van der Waals surface area contributed by atoms with Gasteiger partial charge in [-0.05, 0) is 31.2 Å². The number of esters is 1. The molecule has 0 radical (unpaired) electrons. The van der Waals surface area contributed by atoms with Crippen molar-refractivity contribution in [2.45, 2.75) is 18.5 Å². The normalized spacial score (nSPS) is 30.5. The fourth-order valence-corrected chi connectivity index (χ4v) is 4.08. The van der Waals surface area contributed by atoms with E-state index in [2.05, 4.69) is 5.32 Å². The molecular weight excluding hydrogens is 336 g/mol. The van der Waals surface area contributed by atoms with E-state index in [0.717, 1.165) is 4.90 Å². The highest BCUT2D eigenvalue weighted by Gasteiger charge is 2.67. The summed E-state index contributed by atoms with van der Waals surface area (Å²) < 4.78 is 10.4. The van der Waals surface area contributed by atoms with Crippen molar-refractivity contribution >= 4 is 23.5 Å². The molecule has 2 aliphatic heterocycles. The fraction of sp³-hybridized carbons (Fsp3) is 0.316. The number of para-hydroxylation sites is 1. The van der Waals surface area contributed by atoms with Gasteiger partial charge in [-0.25, -0.2) is 4.90 Å². The molecule has 2 aromatic rings. The Morgan fingerprint density at radius 1 is 1.15 bits per heavy atom. The van der Waals surface area contributed by atoms with Crippen LogP contribution in [0.5, 0.6) is 0 Å². The minimum absolute atomic E-state index is 0.354. The number of hydrogen-bond donors (Lipinski definition) is 1. The van der Waals surface area contributed by atoms with Gasteiger partial charge in [0.2, 0.25) is 11.8 Å². The van der Waals surface area contributed by atoms with E-state index in [9.17, 15) is 14.4 Å². The first-order chi connectivity index (χ1) is 12.5. The molecule has 0 spiro atoms. The summed E-state index contributed by atoms with van der Waals surface area (Å²) in [7, 11) is 1.26. The van der Waals surface area contributed by atoms with E-state index in [-0.39, 0.29) is 5.91 Å². The molecule has 2 saturated heterocycles. The number of nitrogens with one attached hydrogen (secondary N) is 1. The number of carbonyl (C=O) groups is 3. The van der Waals surface area contributed by atoms with Crippen LogP contribution in [0.2, 0.25) is 0 Å². The molecule has 4 atom stereocenters. The van der Waals surface area contributed by atoms with E-state index < -0.39 is 35.3 Å². The van der Waals surface area contributed by atoms with E-state index in [1.54, 1.807) is 49.4 Å². The van der Waals surface area contributed by atoms with Crippen LogP contribution >= 0.6 is 0 Å². The second-order valence-electron chi connectivity index (χ2n) is 6.68. The van der Waals surface area contributed by atoms with Gasteiger partial charge in [0.05, 0.1) is 36.9 Å². The number of imide groups is 1. The molecule has 1 aromatic heterocycles. The van der Waals surface area contributed by atoms with Crippen LogP contribution < -0.4 is 10.2 Å². The van der Waals surface area contributed by atoms with Gasteiger partial charge < -0.3 is 9.15 Å². The highest BCUT2D eigenvalue weighted by molar-refractivity contribution is 6.24. The number of methoxy groups -OCH3 is 1. The molecule has 2 fully saturated rings. The summed E-state index contributed by atoms with van der Waals surface area (Å²) in [5.74, 6) is -2.48. The second kappa shape index (κ2) is 5.81. The topological polar surface area (TPSA) is 88.8 Å². The van der Waals surface area contributed by atoms with Crippen molar-refractivity contribution in [3.05, 3.63) is 54.5 Å². The summed E-state index contributed by atoms with van der Waals surface area (Å²) in [6.07, 6.45) is 1.50. The lowest BCUT2D eigenvalue weighted by Gasteiger charge is -2.28. The van der Waals surface area contributed by atoms with Crippen molar-refractivity contribution in [2.75, 3.05) is 12.0 Å². The predicted molar refractivity (Wildman–Crippen MR) is 90.9 cm³/mol.